The molecule has 0 amide bonds. The molecule has 0 saturated carbocycles. The second-order valence-electron chi connectivity index (χ2n) is 3.60. The van der Waals surface area contributed by atoms with E-state index in [1.807, 2.05) is 18.2 Å². The number of hydrogen-bond acceptors (Lipinski definition) is 3. The molecule has 84 valence electrons. The van der Waals surface area contributed by atoms with Gasteiger partial charge in [0.15, 0.2) is 0 Å². The van der Waals surface area contributed by atoms with Crippen LogP contribution in [0.1, 0.15) is 11.8 Å². The van der Waals surface area contributed by atoms with Gasteiger partial charge < -0.3 is 9.47 Å². The maximum Gasteiger partial charge on any atom is 0.123 e. The number of benzene rings is 1. The number of fused-ring (bicyclic) bond motifs is 1. The molecule has 0 aliphatic rings. The van der Waals surface area contributed by atoms with Crippen LogP contribution in [0.5, 0.6) is 0 Å². The zero-order valence-corrected chi connectivity index (χ0v) is 9.51. The molecule has 3 nitrogen and oxygen atoms in total. The van der Waals surface area contributed by atoms with Gasteiger partial charge in [0.25, 0.3) is 0 Å². The molecule has 0 fully saturated rings. The van der Waals surface area contributed by atoms with E-state index < -0.39 is 0 Å². The fraction of sp³-hybridized carbons (Fsp3) is 0.308. The Morgan fingerprint density at radius 1 is 1.19 bits per heavy atom. The van der Waals surface area contributed by atoms with Gasteiger partial charge in [-0.2, -0.15) is 0 Å². The predicted octanol–water partition coefficient (Wildman–Crippen LogP) is 2.57. The Bertz CT molecular complexity index is 465. The van der Waals surface area contributed by atoms with Crippen LogP contribution in [0.15, 0.2) is 36.5 Å². The summed E-state index contributed by atoms with van der Waals surface area (Å²) >= 11 is 0. The lowest BCUT2D eigenvalue weighted by atomic mass is 10.1. The Labute approximate surface area is 95.0 Å². The molecule has 3 heteroatoms. The molecule has 2 aromatic rings. The van der Waals surface area contributed by atoms with E-state index in [2.05, 4.69) is 17.1 Å². The molecule has 1 atom stereocenters. The summed E-state index contributed by atoms with van der Waals surface area (Å²) < 4.78 is 10.5. The smallest absolute Gasteiger partial charge is 0.123 e. The van der Waals surface area contributed by atoms with Crippen LogP contribution < -0.4 is 0 Å². The summed E-state index contributed by atoms with van der Waals surface area (Å²) in [6.07, 6.45) is 1.69. The van der Waals surface area contributed by atoms with E-state index in [1.54, 1.807) is 20.4 Å². The van der Waals surface area contributed by atoms with Crippen molar-refractivity contribution >= 4 is 10.8 Å². The molecule has 2 rings (SSSR count). The van der Waals surface area contributed by atoms with Crippen molar-refractivity contribution in [3.63, 3.8) is 0 Å². The first-order valence-electron chi connectivity index (χ1n) is 5.22. The van der Waals surface area contributed by atoms with Gasteiger partial charge in [-0.1, -0.05) is 24.3 Å². The van der Waals surface area contributed by atoms with Gasteiger partial charge in [-0.25, -0.2) is 0 Å². The third-order valence-electron chi connectivity index (χ3n) is 2.61. The Kier molecular flexibility index (Phi) is 3.49. The highest BCUT2D eigenvalue weighted by Gasteiger charge is 2.14. The number of methoxy groups -OCH3 is 2. The lowest BCUT2D eigenvalue weighted by molar-refractivity contribution is 0.0259. The standard InChI is InChI=1S/C13H15NO2/c1-15-9-12(16-2)13-11-6-4-3-5-10(11)7-8-14-13/h3-8,12H,9H2,1-2H3. The van der Waals surface area contributed by atoms with E-state index in [0.29, 0.717) is 6.61 Å². The first kappa shape index (κ1) is 11.0. The zero-order valence-electron chi connectivity index (χ0n) is 9.51. The number of rotatable bonds is 4. The fourth-order valence-electron chi connectivity index (χ4n) is 1.81. The summed E-state index contributed by atoms with van der Waals surface area (Å²) in [6.45, 7) is 0.511. The van der Waals surface area contributed by atoms with Gasteiger partial charge in [0, 0.05) is 25.8 Å². The molecule has 0 radical (unpaired) electrons. The molecular formula is C13H15NO2. The maximum atomic E-state index is 5.40. The van der Waals surface area contributed by atoms with Crippen molar-refractivity contribution in [3.8, 4) is 0 Å². The quantitative estimate of drug-likeness (QED) is 0.788. The number of aromatic nitrogens is 1. The van der Waals surface area contributed by atoms with E-state index in [0.717, 1.165) is 11.1 Å². The molecular weight excluding hydrogens is 202 g/mol. The van der Waals surface area contributed by atoms with Gasteiger partial charge in [0.1, 0.15) is 6.10 Å². The average Bonchev–Trinajstić information content (AvgIpc) is 2.35. The molecule has 16 heavy (non-hydrogen) atoms. The Hall–Kier alpha value is -1.45. The molecule has 0 spiro atoms. The number of nitrogens with zero attached hydrogens (tertiary/aromatic N) is 1. The summed E-state index contributed by atoms with van der Waals surface area (Å²) in [5, 5.41) is 2.29. The van der Waals surface area contributed by atoms with Gasteiger partial charge in [-0.05, 0) is 11.5 Å². The first-order valence-corrected chi connectivity index (χ1v) is 5.22. The predicted molar refractivity (Wildman–Crippen MR) is 63.4 cm³/mol. The third-order valence-corrected chi connectivity index (χ3v) is 2.61. The van der Waals surface area contributed by atoms with Gasteiger partial charge in [-0.15, -0.1) is 0 Å². The molecule has 0 aliphatic carbocycles. The summed E-state index contributed by atoms with van der Waals surface area (Å²) in [5.74, 6) is 0. The lowest BCUT2D eigenvalue weighted by Crippen LogP contribution is -2.10. The summed E-state index contributed by atoms with van der Waals surface area (Å²) in [4.78, 5) is 4.39. The van der Waals surface area contributed by atoms with Crippen molar-refractivity contribution in [2.75, 3.05) is 20.8 Å². The van der Waals surface area contributed by atoms with E-state index in [1.165, 1.54) is 5.39 Å². The fourth-order valence-corrected chi connectivity index (χ4v) is 1.81. The SMILES string of the molecule is COCC(OC)c1nccc2ccccc12. The average molecular weight is 217 g/mol. The lowest BCUT2D eigenvalue weighted by Gasteiger charge is -2.15. The Morgan fingerprint density at radius 3 is 2.75 bits per heavy atom. The van der Waals surface area contributed by atoms with Crippen LogP contribution in [0.2, 0.25) is 0 Å². The number of ether oxygens (including phenoxy) is 2. The van der Waals surface area contributed by atoms with E-state index in [9.17, 15) is 0 Å². The van der Waals surface area contributed by atoms with Crippen LogP contribution in [-0.4, -0.2) is 25.8 Å². The van der Waals surface area contributed by atoms with Crippen molar-refractivity contribution < 1.29 is 9.47 Å². The number of hydrogen-bond donors (Lipinski definition) is 0. The Balaban J connectivity index is 2.50. The monoisotopic (exact) mass is 217 g/mol. The van der Waals surface area contributed by atoms with Crippen LogP contribution in [0.25, 0.3) is 10.8 Å². The van der Waals surface area contributed by atoms with Crippen LogP contribution >= 0.6 is 0 Å². The number of pyridine rings is 1. The molecule has 1 aromatic heterocycles. The van der Waals surface area contributed by atoms with E-state index >= 15 is 0 Å². The second kappa shape index (κ2) is 5.05. The first-order chi connectivity index (χ1) is 7.86. The highest BCUT2D eigenvalue weighted by Crippen LogP contribution is 2.23. The largest absolute Gasteiger partial charge is 0.382 e. The minimum atomic E-state index is -0.115. The summed E-state index contributed by atoms with van der Waals surface area (Å²) in [6, 6.07) is 10.1. The van der Waals surface area contributed by atoms with Crippen LogP contribution in [0.4, 0.5) is 0 Å². The molecule has 1 unspecified atom stereocenters. The maximum absolute atomic E-state index is 5.40. The van der Waals surface area contributed by atoms with Gasteiger partial charge in [0.2, 0.25) is 0 Å². The molecule has 0 aliphatic heterocycles. The molecule has 0 N–H and O–H groups in total. The minimum absolute atomic E-state index is 0.115. The normalized spacial score (nSPS) is 12.9. The zero-order chi connectivity index (χ0) is 11.4. The van der Waals surface area contributed by atoms with Crippen molar-refractivity contribution in [2.45, 2.75) is 6.10 Å². The van der Waals surface area contributed by atoms with Crippen molar-refractivity contribution in [3.05, 3.63) is 42.2 Å². The van der Waals surface area contributed by atoms with Gasteiger partial charge in [-0.3, -0.25) is 4.98 Å². The van der Waals surface area contributed by atoms with Gasteiger partial charge in [0.05, 0.1) is 12.3 Å². The van der Waals surface area contributed by atoms with Crippen LogP contribution in [0.3, 0.4) is 0 Å². The van der Waals surface area contributed by atoms with Crippen molar-refractivity contribution in [2.24, 2.45) is 0 Å². The third kappa shape index (κ3) is 2.05. The van der Waals surface area contributed by atoms with E-state index in [4.69, 9.17) is 9.47 Å². The van der Waals surface area contributed by atoms with E-state index in [-0.39, 0.29) is 6.10 Å². The minimum Gasteiger partial charge on any atom is -0.382 e. The summed E-state index contributed by atoms with van der Waals surface area (Å²) in [7, 11) is 3.34. The van der Waals surface area contributed by atoms with Gasteiger partial charge >= 0.3 is 0 Å². The van der Waals surface area contributed by atoms with Crippen molar-refractivity contribution in [1.29, 1.82) is 0 Å². The molecule has 0 saturated heterocycles. The van der Waals surface area contributed by atoms with Crippen LogP contribution in [-0.2, 0) is 9.47 Å². The molecule has 1 aromatic carbocycles. The molecule has 0 bridgehead atoms. The highest BCUT2D eigenvalue weighted by molar-refractivity contribution is 5.84. The van der Waals surface area contributed by atoms with Crippen molar-refractivity contribution in [1.82, 2.24) is 4.98 Å². The summed E-state index contributed by atoms with van der Waals surface area (Å²) in [5.41, 5.74) is 0.933. The molecule has 1 heterocycles. The topological polar surface area (TPSA) is 31.4 Å². The Morgan fingerprint density at radius 2 is 2.00 bits per heavy atom. The highest BCUT2D eigenvalue weighted by atomic mass is 16.5. The second-order valence-corrected chi connectivity index (χ2v) is 3.60. The van der Waals surface area contributed by atoms with Crippen LogP contribution in [0, 0.1) is 0 Å².